The Balaban J connectivity index is 1.25. The van der Waals surface area contributed by atoms with E-state index in [4.69, 9.17) is 4.74 Å². The molecule has 0 amide bonds. The van der Waals surface area contributed by atoms with Crippen LogP contribution in [0.4, 0.5) is 36.9 Å². The molecule has 1 fully saturated rings. The molecule has 0 radical (unpaired) electrons. The Kier molecular flexibility index (Phi) is 7.61. The van der Waals surface area contributed by atoms with Crippen LogP contribution in [-0.4, -0.2) is 72.2 Å². The smallest absolute Gasteiger partial charge is 0.320 e. The highest BCUT2D eigenvalue weighted by molar-refractivity contribution is 7.21. The Morgan fingerprint density at radius 2 is 1.92 bits per heavy atom. The number of fused-ring (bicyclic) bond motifs is 1. The number of thiazole rings is 1. The average molecular weight is 540 g/mol. The van der Waals surface area contributed by atoms with Crippen molar-refractivity contribution in [3.8, 4) is 0 Å². The number of anilines is 5. The molecule has 0 atom stereocenters. The van der Waals surface area contributed by atoms with Crippen LogP contribution in [0.2, 0.25) is 0 Å². The van der Waals surface area contributed by atoms with Crippen molar-refractivity contribution in [2.75, 3.05) is 61.5 Å². The molecule has 1 aromatic carbocycles. The summed E-state index contributed by atoms with van der Waals surface area (Å²) in [6, 6.07) is 10.9. The second kappa shape index (κ2) is 11.2. The molecule has 9 nitrogen and oxygen atoms in total. The van der Waals surface area contributed by atoms with Crippen LogP contribution < -0.4 is 15.1 Å². The van der Waals surface area contributed by atoms with E-state index in [0.717, 1.165) is 37.9 Å². The third-order valence-corrected chi connectivity index (χ3v) is 7.11. The van der Waals surface area contributed by atoms with Crippen LogP contribution in [0, 0.1) is 11.6 Å². The van der Waals surface area contributed by atoms with Gasteiger partial charge in [0, 0.05) is 57.2 Å². The molecule has 0 aliphatic carbocycles. The molecule has 198 valence electrons. The number of hydrogen-bond donors (Lipinski definition) is 1. The van der Waals surface area contributed by atoms with Crippen molar-refractivity contribution in [2.24, 2.45) is 0 Å². The Morgan fingerprint density at radius 3 is 2.68 bits per heavy atom. The minimum Gasteiger partial charge on any atom is -0.465 e. The van der Waals surface area contributed by atoms with Crippen molar-refractivity contribution in [2.45, 2.75) is 6.92 Å². The lowest BCUT2D eigenvalue weighted by Gasteiger charge is -2.35. The van der Waals surface area contributed by atoms with E-state index in [2.05, 4.69) is 30.1 Å². The number of halogens is 2. The SMILES string of the molecule is CCOC(=O)CN1CCN(c2ccnc(Nc3nc4ccc(N(C)c5ccc(F)cc5F)nc4s3)c2)CC1. The quantitative estimate of drug-likeness (QED) is 0.324. The van der Waals surface area contributed by atoms with Gasteiger partial charge in [0.25, 0.3) is 0 Å². The highest BCUT2D eigenvalue weighted by Gasteiger charge is 2.20. The summed E-state index contributed by atoms with van der Waals surface area (Å²) < 4.78 is 32.6. The molecule has 1 aliphatic rings. The minimum atomic E-state index is -0.660. The molecule has 0 bridgehead atoms. The van der Waals surface area contributed by atoms with E-state index in [1.807, 2.05) is 25.1 Å². The lowest BCUT2D eigenvalue weighted by atomic mass is 10.2. The summed E-state index contributed by atoms with van der Waals surface area (Å²) in [5.74, 6) is -0.313. The number of piperazine rings is 1. The van der Waals surface area contributed by atoms with Gasteiger partial charge in [-0.05, 0) is 37.3 Å². The van der Waals surface area contributed by atoms with Gasteiger partial charge in [0.2, 0.25) is 0 Å². The number of nitrogens with zero attached hydrogens (tertiary/aromatic N) is 6. The van der Waals surface area contributed by atoms with E-state index in [0.29, 0.717) is 40.3 Å². The zero-order valence-corrected chi connectivity index (χ0v) is 21.8. The standard InChI is InChI=1S/C26H27F2N7O2S/c1-3-37-24(36)16-34-10-12-35(13-11-34)18-8-9-29-22(15-18)31-26-30-20-5-7-23(32-25(20)38-26)33(2)21-6-4-17(27)14-19(21)28/h4-9,14-15H,3,10-13,16H2,1-2H3,(H,29,30,31). The van der Waals surface area contributed by atoms with Crippen molar-refractivity contribution in [1.29, 1.82) is 0 Å². The van der Waals surface area contributed by atoms with Crippen molar-refractivity contribution < 1.29 is 18.3 Å². The molecule has 4 aromatic rings. The first-order valence-corrected chi connectivity index (χ1v) is 13.0. The van der Waals surface area contributed by atoms with Gasteiger partial charge in [0.15, 0.2) is 5.13 Å². The highest BCUT2D eigenvalue weighted by Crippen LogP contribution is 2.31. The van der Waals surface area contributed by atoms with Crippen molar-refractivity contribution in [3.63, 3.8) is 0 Å². The molecule has 38 heavy (non-hydrogen) atoms. The number of esters is 1. The van der Waals surface area contributed by atoms with E-state index in [1.54, 1.807) is 24.2 Å². The molecule has 0 saturated carbocycles. The first-order valence-electron chi connectivity index (χ1n) is 12.2. The highest BCUT2D eigenvalue weighted by atomic mass is 32.1. The molecule has 0 unspecified atom stereocenters. The normalized spacial score (nSPS) is 14.1. The number of rotatable bonds is 8. The molecule has 12 heteroatoms. The van der Waals surface area contributed by atoms with Crippen LogP contribution >= 0.6 is 11.3 Å². The van der Waals surface area contributed by atoms with Gasteiger partial charge in [-0.3, -0.25) is 9.69 Å². The fourth-order valence-corrected chi connectivity index (χ4v) is 5.11. The van der Waals surface area contributed by atoms with Gasteiger partial charge >= 0.3 is 5.97 Å². The third kappa shape index (κ3) is 5.81. The third-order valence-electron chi connectivity index (χ3n) is 6.23. The van der Waals surface area contributed by atoms with Crippen LogP contribution in [0.3, 0.4) is 0 Å². The Morgan fingerprint density at radius 1 is 1.11 bits per heavy atom. The van der Waals surface area contributed by atoms with Crippen LogP contribution in [0.5, 0.6) is 0 Å². The fourth-order valence-electron chi connectivity index (χ4n) is 4.27. The molecule has 1 N–H and O–H groups in total. The first kappa shape index (κ1) is 25.7. The maximum Gasteiger partial charge on any atom is 0.320 e. The molecule has 1 aliphatic heterocycles. The summed E-state index contributed by atoms with van der Waals surface area (Å²) in [6.45, 7) is 5.64. The van der Waals surface area contributed by atoms with Gasteiger partial charge in [-0.25, -0.2) is 23.7 Å². The maximum absolute atomic E-state index is 14.3. The number of pyridine rings is 2. The number of benzene rings is 1. The zero-order valence-electron chi connectivity index (χ0n) is 21.0. The summed E-state index contributed by atoms with van der Waals surface area (Å²) in [5, 5.41) is 3.89. The lowest BCUT2D eigenvalue weighted by molar-refractivity contribution is -0.144. The predicted molar refractivity (Wildman–Crippen MR) is 145 cm³/mol. The van der Waals surface area contributed by atoms with E-state index >= 15 is 0 Å². The number of nitrogens with one attached hydrogen (secondary N) is 1. The molecule has 4 heterocycles. The second-order valence-electron chi connectivity index (χ2n) is 8.76. The van der Waals surface area contributed by atoms with Gasteiger partial charge in [-0.2, -0.15) is 0 Å². The summed E-state index contributed by atoms with van der Waals surface area (Å²) >= 11 is 1.36. The predicted octanol–water partition coefficient (Wildman–Crippen LogP) is 4.56. The van der Waals surface area contributed by atoms with Crippen molar-refractivity contribution in [1.82, 2.24) is 19.9 Å². The Labute approximate surface area is 222 Å². The topological polar surface area (TPSA) is 86.7 Å². The number of carbonyl (C=O) groups excluding carboxylic acids is 1. The van der Waals surface area contributed by atoms with E-state index in [1.165, 1.54) is 23.5 Å². The summed E-state index contributed by atoms with van der Waals surface area (Å²) in [7, 11) is 1.68. The average Bonchev–Trinajstić information content (AvgIpc) is 3.30. The largest absolute Gasteiger partial charge is 0.465 e. The number of ether oxygens (including phenoxy) is 1. The van der Waals surface area contributed by atoms with E-state index in [-0.39, 0.29) is 11.7 Å². The molecule has 1 saturated heterocycles. The van der Waals surface area contributed by atoms with Crippen LogP contribution in [0.15, 0.2) is 48.7 Å². The summed E-state index contributed by atoms with van der Waals surface area (Å²) in [6.07, 6.45) is 1.75. The lowest BCUT2D eigenvalue weighted by Crippen LogP contribution is -2.48. The molecular formula is C26H27F2N7O2S. The van der Waals surface area contributed by atoms with E-state index < -0.39 is 11.6 Å². The first-order chi connectivity index (χ1) is 18.4. The van der Waals surface area contributed by atoms with E-state index in [9.17, 15) is 13.6 Å². The second-order valence-corrected chi connectivity index (χ2v) is 9.74. The van der Waals surface area contributed by atoms with Crippen molar-refractivity contribution >= 4 is 55.8 Å². The molecule has 5 rings (SSSR count). The Hall–Kier alpha value is -3.90. The van der Waals surface area contributed by atoms with Gasteiger partial charge in [0.1, 0.15) is 33.6 Å². The van der Waals surface area contributed by atoms with Gasteiger partial charge in [-0.15, -0.1) is 0 Å². The zero-order chi connectivity index (χ0) is 26.6. The van der Waals surface area contributed by atoms with Crippen molar-refractivity contribution in [3.05, 3.63) is 60.3 Å². The molecular weight excluding hydrogens is 512 g/mol. The molecule has 3 aromatic heterocycles. The summed E-state index contributed by atoms with van der Waals surface area (Å²) in [5.41, 5.74) is 1.95. The molecule has 0 spiro atoms. The van der Waals surface area contributed by atoms with Crippen LogP contribution in [0.1, 0.15) is 6.92 Å². The number of carbonyl (C=O) groups is 1. The minimum absolute atomic E-state index is 0.192. The van der Waals surface area contributed by atoms with Gasteiger partial charge in [0.05, 0.1) is 18.8 Å². The summed E-state index contributed by atoms with van der Waals surface area (Å²) in [4.78, 5) is 32.0. The van der Waals surface area contributed by atoms with Crippen LogP contribution in [0.25, 0.3) is 10.3 Å². The monoisotopic (exact) mass is 539 g/mol. The number of aromatic nitrogens is 3. The van der Waals surface area contributed by atoms with Gasteiger partial charge in [-0.1, -0.05) is 11.3 Å². The van der Waals surface area contributed by atoms with Gasteiger partial charge < -0.3 is 19.9 Å². The maximum atomic E-state index is 14.3. The Bertz CT molecular complexity index is 1440. The number of hydrogen-bond acceptors (Lipinski definition) is 10. The van der Waals surface area contributed by atoms with Crippen LogP contribution in [-0.2, 0) is 9.53 Å². The fraction of sp³-hybridized carbons (Fsp3) is 0.308.